The molecule has 1 heterocycles. The molecule has 0 radical (unpaired) electrons. The number of hydrogen-bond acceptors (Lipinski definition) is 4. The SMILES string of the molecule is CC(=O)CC(=O)c1cc(C#N)c(=O)[nH]c1C. The Hall–Kier alpha value is -2.22. The van der Waals surface area contributed by atoms with Crippen LogP contribution in [0.5, 0.6) is 0 Å². The summed E-state index contributed by atoms with van der Waals surface area (Å²) in [4.78, 5) is 36.0. The van der Waals surface area contributed by atoms with Crippen molar-refractivity contribution in [3.8, 4) is 6.07 Å². The molecule has 0 atom stereocenters. The molecule has 0 aliphatic heterocycles. The van der Waals surface area contributed by atoms with Crippen LogP contribution in [-0.4, -0.2) is 16.6 Å². The number of nitrogens with zero attached hydrogens (tertiary/aromatic N) is 1. The number of carbonyl (C=O) groups excluding carboxylic acids is 2. The van der Waals surface area contributed by atoms with E-state index in [0.717, 1.165) is 0 Å². The maximum Gasteiger partial charge on any atom is 0.266 e. The number of aryl methyl sites for hydroxylation is 1. The summed E-state index contributed by atoms with van der Waals surface area (Å²) >= 11 is 0. The monoisotopic (exact) mass is 218 g/mol. The second kappa shape index (κ2) is 4.53. The van der Waals surface area contributed by atoms with E-state index in [0.29, 0.717) is 5.69 Å². The van der Waals surface area contributed by atoms with Gasteiger partial charge in [0.05, 0.1) is 6.42 Å². The van der Waals surface area contributed by atoms with E-state index in [9.17, 15) is 14.4 Å². The van der Waals surface area contributed by atoms with Crippen molar-refractivity contribution in [3.63, 3.8) is 0 Å². The molecule has 0 saturated carbocycles. The second-order valence-electron chi connectivity index (χ2n) is 3.46. The lowest BCUT2D eigenvalue weighted by Gasteiger charge is -2.03. The number of hydrogen-bond donors (Lipinski definition) is 1. The van der Waals surface area contributed by atoms with Crippen LogP contribution in [0.15, 0.2) is 10.9 Å². The summed E-state index contributed by atoms with van der Waals surface area (Å²) in [6.45, 7) is 2.86. The first-order valence-corrected chi connectivity index (χ1v) is 4.62. The molecular weight excluding hydrogens is 208 g/mol. The highest BCUT2D eigenvalue weighted by Gasteiger charge is 2.14. The van der Waals surface area contributed by atoms with Crippen molar-refractivity contribution in [2.75, 3.05) is 0 Å². The van der Waals surface area contributed by atoms with E-state index in [2.05, 4.69) is 4.98 Å². The highest BCUT2D eigenvalue weighted by Crippen LogP contribution is 2.08. The van der Waals surface area contributed by atoms with Crippen LogP contribution in [0.1, 0.15) is 35.0 Å². The van der Waals surface area contributed by atoms with Crippen molar-refractivity contribution < 1.29 is 9.59 Å². The first-order chi connectivity index (χ1) is 7.45. The third kappa shape index (κ3) is 2.42. The van der Waals surface area contributed by atoms with Gasteiger partial charge >= 0.3 is 0 Å². The van der Waals surface area contributed by atoms with Crippen LogP contribution in [0, 0.1) is 18.3 Å². The van der Waals surface area contributed by atoms with Gasteiger partial charge in [-0.25, -0.2) is 0 Å². The van der Waals surface area contributed by atoms with Gasteiger partial charge in [-0.3, -0.25) is 14.4 Å². The number of aromatic nitrogens is 1. The molecule has 1 N–H and O–H groups in total. The van der Waals surface area contributed by atoms with Crippen molar-refractivity contribution in [2.24, 2.45) is 0 Å². The third-order valence-corrected chi connectivity index (χ3v) is 2.07. The number of carbonyl (C=O) groups is 2. The Morgan fingerprint density at radius 3 is 2.62 bits per heavy atom. The summed E-state index contributed by atoms with van der Waals surface area (Å²) in [5.41, 5.74) is -0.0709. The summed E-state index contributed by atoms with van der Waals surface area (Å²) in [5.74, 6) is -0.646. The van der Waals surface area contributed by atoms with Crippen LogP contribution in [-0.2, 0) is 4.79 Å². The minimum atomic E-state index is -0.528. The Morgan fingerprint density at radius 1 is 1.50 bits per heavy atom. The fourth-order valence-electron chi connectivity index (χ4n) is 1.32. The molecule has 16 heavy (non-hydrogen) atoms. The Morgan fingerprint density at radius 2 is 2.12 bits per heavy atom. The summed E-state index contributed by atoms with van der Waals surface area (Å²) in [7, 11) is 0. The number of pyridine rings is 1. The molecule has 0 unspecified atom stereocenters. The number of rotatable bonds is 3. The van der Waals surface area contributed by atoms with E-state index in [4.69, 9.17) is 5.26 Å². The van der Waals surface area contributed by atoms with E-state index in [1.165, 1.54) is 13.0 Å². The van der Waals surface area contributed by atoms with E-state index < -0.39 is 11.3 Å². The van der Waals surface area contributed by atoms with E-state index in [-0.39, 0.29) is 23.3 Å². The van der Waals surface area contributed by atoms with Crippen molar-refractivity contribution in [1.82, 2.24) is 4.98 Å². The van der Waals surface area contributed by atoms with E-state index in [1.807, 2.05) is 0 Å². The average Bonchev–Trinajstić information content (AvgIpc) is 2.16. The molecule has 82 valence electrons. The van der Waals surface area contributed by atoms with Crippen molar-refractivity contribution >= 4 is 11.6 Å². The van der Waals surface area contributed by atoms with Gasteiger partial charge in [-0.05, 0) is 19.9 Å². The van der Waals surface area contributed by atoms with E-state index >= 15 is 0 Å². The van der Waals surface area contributed by atoms with Gasteiger partial charge in [-0.2, -0.15) is 5.26 Å². The minimum Gasteiger partial charge on any atom is -0.325 e. The quantitative estimate of drug-likeness (QED) is 0.597. The zero-order valence-electron chi connectivity index (χ0n) is 8.96. The highest BCUT2D eigenvalue weighted by atomic mass is 16.1. The van der Waals surface area contributed by atoms with Gasteiger partial charge in [0.25, 0.3) is 5.56 Å². The third-order valence-electron chi connectivity index (χ3n) is 2.07. The maximum atomic E-state index is 11.6. The molecule has 0 amide bonds. The van der Waals surface area contributed by atoms with E-state index in [1.54, 1.807) is 13.0 Å². The topological polar surface area (TPSA) is 90.8 Å². The second-order valence-corrected chi connectivity index (χ2v) is 3.46. The smallest absolute Gasteiger partial charge is 0.266 e. The number of H-pyrrole nitrogens is 1. The standard InChI is InChI=1S/C11H10N2O3/c1-6(14)3-10(15)9-4-8(5-12)11(16)13-7(9)2/h4H,3H2,1-2H3,(H,13,16). The zero-order valence-corrected chi connectivity index (χ0v) is 8.96. The lowest BCUT2D eigenvalue weighted by atomic mass is 10.0. The molecular formula is C11H10N2O3. The summed E-state index contributed by atoms with van der Waals surface area (Å²) in [6, 6.07) is 2.91. The zero-order chi connectivity index (χ0) is 12.3. The van der Waals surface area contributed by atoms with Gasteiger partial charge < -0.3 is 4.98 Å². The Balaban J connectivity index is 3.25. The number of nitriles is 1. The fourth-order valence-corrected chi connectivity index (χ4v) is 1.32. The molecule has 0 bridgehead atoms. The van der Waals surface area contributed by atoms with Crippen LogP contribution >= 0.6 is 0 Å². The maximum absolute atomic E-state index is 11.6. The fraction of sp³-hybridized carbons (Fsp3) is 0.273. The Kier molecular flexibility index (Phi) is 3.36. The van der Waals surface area contributed by atoms with Gasteiger partial charge in [-0.15, -0.1) is 0 Å². The molecule has 5 nitrogen and oxygen atoms in total. The van der Waals surface area contributed by atoms with Crippen LogP contribution in [0.3, 0.4) is 0 Å². The van der Waals surface area contributed by atoms with Gasteiger partial charge in [0.2, 0.25) is 0 Å². The molecule has 0 aliphatic carbocycles. The number of ketones is 2. The number of Topliss-reactive ketones (excluding diaryl/α,β-unsaturated/α-hetero) is 2. The normalized spacial score (nSPS) is 9.56. The van der Waals surface area contributed by atoms with Gasteiger partial charge in [-0.1, -0.05) is 0 Å². The molecule has 0 spiro atoms. The lowest BCUT2D eigenvalue weighted by molar-refractivity contribution is -0.116. The van der Waals surface area contributed by atoms with Crippen molar-refractivity contribution in [2.45, 2.75) is 20.3 Å². The number of aromatic amines is 1. The van der Waals surface area contributed by atoms with Crippen molar-refractivity contribution in [3.05, 3.63) is 33.2 Å². The molecule has 0 aliphatic rings. The van der Waals surface area contributed by atoms with Crippen LogP contribution < -0.4 is 5.56 Å². The first-order valence-electron chi connectivity index (χ1n) is 4.62. The van der Waals surface area contributed by atoms with Gasteiger partial charge in [0, 0.05) is 11.3 Å². The largest absolute Gasteiger partial charge is 0.325 e. The summed E-state index contributed by atoms with van der Waals surface area (Å²) in [5, 5.41) is 8.65. The molecule has 5 heteroatoms. The van der Waals surface area contributed by atoms with Gasteiger partial charge in [0.1, 0.15) is 17.4 Å². The minimum absolute atomic E-state index is 0.127. The number of nitrogens with one attached hydrogen (secondary N) is 1. The van der Waals surface area contributed by atoms with Gasteiger partial charge in [0.15, 0.2) is 5.78 Å². The van der Waals surface area contributed by atoms with Crippen LogP contribution in [0.4, 0.5) is 0 Å². The summed E-state index contributed by atoms with van der Waals surface area (Å²) in [6.07, 6.45) is -0.224. The molecule has 1 aromatic rings. The highest BCUT2D eigenvalue weighted by molar-refractivity contribution is 6.07. The first kappa shape index (κ1) is 11.9. The Bertz CT molecular complexity index is 549. The molecule has 0 aromatic carbocycles. The predicted octanol–water partition coefficient (Wildman–Crippen LogP) is 0.717. The van der Waals surface area contributed by atoms with Crippen LogP contribution in [0.2, 0.25) is 0 Å². The van der Waals surface area contributed by atoms with Crippen molar-refractivity contribution in [1.29, 1.82) is 5.26 Å². The Labute approximate surface area is 91.7 Å². The summed E-state index contributed by atoms with van der Waals surface area (Å²) < 4.78 is 0. The average molecular weight is 218 g/mol. The molecule has 1 aromatic heterocycles. The molecule has 1 rings (SSSR count). The molecule has 0 fully saturated rings. The van der Waals surface area contributed by atoms with Crippen LogP contribution in [0.25, 0.3) is 0 Å². The lowest BCUT2D eigenvalue weighted by Crippen LogP contribution is -2.16. The molecule has 0 saturated heterocycles. The predicted molar refractivity (Wildman–Crippen MR) is 56.1 cm³/mol.